The molecule has 0 aliphatic carbocycles. The lowest BCUT2D eigenvalue weighted by Gasteiger charge is -2.24. The Hall–Kier alpha value is -2.05. The maximum absolute atomic E-state index is 11.9. The number of hydrogen-bond acceptors (Lipinski definition) is 4. The van der Waals surface area contributed by atoms with Crippen LogP contribution in [0, 0.1) is 6.92 Å². The van der Waals surface area contributed by atoms with Gasteiger partial charge in [-0.05, 0) is 56.5 Å². The first-order valence-corrected chi connectivity index (χ1v) is 9.99. The number of methoxy groups -OCH3 is 2. The molecule has 0 spiro atoms. The summed E-state index contributed by atoms with van der Waals surface area (Å²) in [7, 11) is 3.25. The number of rotatable bonds is 4. The highest BCUT2D eigenvalue weighted by atomic mass is 79.9. The Morgan fingerprint density at radius 1 is 0.966 bits per heavy atom. The molecule has 0 saturated carbocycles. The van der Waals surface area contributed by atoms with Crippen LogP contribution in [0.1, 0.15) is 36.8 Å². The number of β-amino-alcohol motifs (C(OH)–C–C–N with tert-alkyl or cyclic N) is 1. The molecule has 1 N–H and O–H groups in total. The molecule has 0 aromatic heterocycles. The van der Waals surface area contributed by atoms with Crippen LogP contribution in [0.5, 0.6) is 11.5 Å². The highest BCUT2D eigenvalue weighted by Gasteiger charge is 2.52. The van der Waals surface area contributed by atoms with Crippen molar-refractivity contribution in [3.63, 3.8) is 0 Å². The van der Waals surface area contributed by atoms with Crippen LogP contribution in [0.2, 0.25) is 0 Å². The molecule has 5 nitrogen and oxygen atoms in total. The summed E-state index contributed by atoms with van der Waals surface area (Å²) in [6.45, 7) is 3.45. The Balaban J connectivity index is 0.00000240. The first kappa shape index (κ1) is 21.7. The van der Waals surface area contributed by atoms with Crippen molar-refractivity contribution in [3.8, 4) is 11.5 Å². The van der Waals surface area contributed by atoms with Crippen LogP contribution in [0.4, 0.5) is 5.69 Å². The van der Waals surface area contributed by atoms with E-state index in [0.29, 0.717) is 18.0 Å². The summed E-state index contributed by atoms with van der Waals surface area (Å²) in [5.41, 5.74) is 2.10. The highest BCUT2D eigenvalue weighted by molar-refractivity contribution is 5.95. The second-order valence-electron chi connectivity index (χ2n) is 7.69. The van der Waals surface area contributed by atoms with Gasteiger partial charge in [0.15, 0.2) is 18.0 Å². The van der Waals surface area contributed by atoms with Crippen LogP contribution in [-0.4, -0.2) is 42.8 Å². The highest BCUT2D eigenvalue weighted by Crippen LogP contribution is 2.38. The van der Waals surface area contributed by atoms with Gasteiger partial charge in [0.2, 0.25) is 0 Å². The summed E-state index contributed by atoms with van der Waals surface area (Å²) in [6, 6.07) is 14.3. The van der Waals surface area contributed by atoms with Crippen molar-refractivity contribution >= 4 is 11.5 Å². The lowest BCUT2D eigenvalue weighted by Crippen LogP contribution is -3.00. The van der Waals surface area contributed by atoms with E-state index in [0.717, 1.165) is 37.1 Å². The third-order valence-electron chi connectivity index (χ3n) is 5.92. The fourth-order valence-electron chi connectivity index (χ4n) is 4.37. The van der Waals surface area contributed by atoms with Gasteiger partial charge in [0.1, 0.15) is 5.69 Å². The quantitative estimate of drug-likeness (QED) is 0.681. The van der Waals surface area contributed by atoms with E-state index >= 15 is 0 Å². The van der Waals surface area contributed by atoms with Crippen molar-refractivity contribution < 1.29 is 36.1 Å². The van der Waals surface area contributed by atoms with E-state index in [1.165, 1.54) is 17.8 Å². The molecule has 156 valence electrons. The topological polar surface area (TPSA) is 44.9 Å². The van der Waals surface area contributed by atoms with Crippen molar-refractivity contribution in [3.05, 3.63) is 53.6 Å². The number of halogens is 1. The maximum atomic E-state index is 11.9. The van der Waals surface area contributed by atoms with Crippen molar-refractivity contribution in [2.24, 2.45) is 0 Å². The molecule has 1 atom stereocenters. The van der Waals surface area contributed by atoms with Crippen molar-refractivity contribution in [2.45, 2.75) is 38.3 Å². The maximum Gasteiger partial charge on any atom is 0.271 e. The molecule has 0 radical (unpaired) electrons. The fourth-order valence-corrected chi connectivity index (χ4v) is 4.37. The Morgan fingerprint density at radius 2 is 1.69 bits per heavy atom. The average molecular weight is 461 g/mol. The number of aryl methyl sites for hydroxylation is 1. The molecule has 2 aromatic rings. The summed E-state index contributed by atoms with van der Waals surface area (Å²) in [4.78, 5) is 2.28. The minimum atomic E-state index is -1.09. The monoisotopic (exact) mass is 460 g/mol. The second kappa shape index (κ2) is 8.76. The van der Waals surface area contributed by atoms with Gasteiger partial charge in [0.05, 0.1) is 20.8 Å². The zero-order valence-corrected chi connectivity index (χ0v) is 18.9. The predicted molar refractivity (Wildman–Crippen MR) is 111 cm³/mol. The van der Waals surface area contributed by atoms with Gasteiger partial charge in [0, 0.05) is 12.0 Å². The van der Waals surface area contributed by atoms with Crippen LogP contribution in [0.25, 0.3) is 0 Å². The van der Waals surface area contributed by atoms with Crippen molar-refractivity contribution in [1.29, 1.82) is 0 Å². The Morgan fingerprint density at radius 3 is 2.38 bits per heavy atom. The lowest BCUT2D eigenvalue weighted by molar-refractivity contribution is -0.658. The second-order valence-corrected chi connectivity index (χ2v) is 7.69. The van der Waals surface area contributed by atoms with E-state index in [-0.39, 0.29) is 17.0 Å². The first-order valence-electron chi connectivity index (χ1n) is 9.99. The van der Waals surface area contributed by atoms with Gasteiger partial charge in [-0.2, -0.15) is 0 Å². The summed E-state index contributed by atoms with van der Waals surface area (Å²) < 4.78 is 13.1. The van der Waals surface area contributed by atoms with Gasteiger partial charge in [-0.3, -0.25) is 0 Å². The SMILES string of the molecule is COc1ccc(C2(O)CN(c3ccc(C)cc3)C3=[N+]2CCCCC3)cc1OC.[Br-]. The van der Waals surface area contributed by atoms with Crippen LogP contribution in [0.3, 0.4) is 0 Å². The predicted octanol–water partition coefficient (Wildman–Crippen LogP) is 0.667. The van der Waals surface area contributed by atoms with E-state index in [4.69, 9.17) is 9.47 Å². The molecule has 6 heteroatoms. The number of anilines is 1. The minimum Gasteiger partial charge on any atom is -1.00 e. The fraction of sp³-hybridized carbons (Fsp3) is 0.435. The minimum absolute atomic E-state index is 0. The lowest BCUT2D eigenvalue weighted by atomic mass is 10.0. The van der Waals surface area contributed by atoms with Crippen LogP contribution < -0.4 is 31.4 Å². The number of ether oxygens (including phenoxy) is 2. The number of nitrogens with zero attached hydrogens (tertiary/aromatic N) is 2. The number of aliphatic hydroxyl groups is 1. The molecule has 2 aliphatic heterocycles. The van der Waals surface area contributed by atoms with E-state index < -0.39 is 5.72 Å². The van der Waals surface area contributed by atoms with Gasteiger partial charge in [0.25, 0.3) is 11.6 Å². The molecule has 0 saturated heterocycles. The van der Waals surface area contributed by atoms with Crippen molar-refractivity contribution in [1.82, 2.24) is 0 Å². The van der Waals surface area contributed by atoms with Crippen molar-refractivity contribution in [2.75, 3.05) is 32.2 Å². The summed E-state index contributed by atoms with van der Waals surface area (Å²) in [5.74, 6) is 2.51. The van der Waals surface area contributed by atoms with Gasteiger partial charge in [-0.1, -0.05) is 17.7 Å². The third-order valence-corrected chi connectivity index (χ3v) is 5.92. The van der Waals surface area contributed by atoms with Gasteiger partial charge < -0.3 is 31.6 Å². The van der Waals surface area contributed by atoms with E-state index in [1.54, 1.807) is 14.2 Å². The van der Waals surface area contributed by atoms with Gasteiger partial charge >= 0.3 is 0 Å². The molecule has 2 aliphatic rings. The molecule has 0 fully saturated rings. The number of hydrogen-bond donors (Lipinski definition) is 1. The Bertz CT molecular complexity index is 897. The molecular formula is C23H29BrN2O3. The molecule has 2 aromatic carbocycles. The average Bonchev–Trinajstić information content (AvgIpc) is 2.87. The summed E-state index contributed by atoms with van der Waals surface area (Å²) >= 11 is 0. The van der Waals surface area contributed by atoms with E-state index in [9.17, 15) is 5.11 Å². The zero-order valence-electron chi connectivity index (χ0n) is 17.3. The zero-order chi connectivity index (χ0) is 19.7. The Labute approximate surface area is 183 Å². The summed E-state index contributed by atoms with van der Waals surface area (Å²) in [5, 5.41) is 11.9. The normalized spacial score (nSPS) is 21.3. The first-order chi connectivity index (χ1) is 13.6. The number of amidine groups is 1. The molecule has 0 amide bonds. The molecule has 0 bridgehead atoms. The molecule has 4 rings (SSSR count). The standard InChI is InChI=1S/C23H29N2O3.BrH/c1-17-8-11-19(12-9-17)24-16-23(26,25-14-6-4-5-7-22(24)25)18-10-13-20(27-2)21(15-18)28-3;/h8-13,15,26H,4-7,14,16H2,1-3H3;1H/q+1;/p-1. The van der Waals surface area contributed by atoms with Gasteiger partial charge in [-0.15, -0.1) is 0 Å². The smallest absolute Gasteiger partial charge is 0.271 e. The Kier molecular flexibility index (Phi) is 6.54. The van der Waals surface area contributed by atoms with Gasteiger partial charge in [-0.25, -0.2) is 9.48 Å². The summed E-state index contributed by atoms with van der Waals surface area (Å²) in [6.07, 6.45) is 4.39. The third kappa shape index (κ3) is 3.88. The molecule has 1 unspecified atom stereocenters. The van der Waals surface area contributed by atoms with Crippen LogP contribution in [0.15, 0.2) is 42.5 Å². The van der Waals surface area contributed by atoms with E-state index in [1.807, 2.05) is 18.2 Å². The van der Waals surface area contributed by atoms with E-state index in [2.05, 4.69) is 40.7 Å². The molecule has 2 heterocycles. The van der Waals surface area contributed by atoms with Crippen LogP contribution in [-0.2, 0) is 5.72 Å². The molecule has 29 heavy (non-hydrogen) atoms. The van der Waals surface area contributed by atoms with Crippen LogP contribution >= 0.6 is 0 Å². The largest absolute Gasteiger partial charge is 1.00 e. The number of benzene rings is 2. The molecular weight excluding hydrogens is 432 g/mol.